The molecule has 0 saturated carbocycles. The number of ether oxygens (including phenoxy) is 1. The normalized spacial score (nSPS) is 10.6. The van der Waals surface area contributed by atoms with E-state index >= 15 is 0 Å². The van der Waals surface area contributed by atoms with Crippen molar-refractivity contribution in [3.8, 4) is 17.1 Å². The highest BCUT2D eigenvalue weighted by Crippen LogP contribution is 2.19. The van der Waals surface area contributed by atoms with Crippen LogP contribution in [0.2, 0.25) is 0 Å². The van der Waals surface area contributed by atoms with E-state index in [0.29, 0.717) is 17.9 Å². The summed E-state index contributed by atoms with van der Waals surface area (Å²) in [6, 6.07) is 12.9. The quantitative estimate of drug-likeness (QED) is 0.663. The van der Waals surface area contributed by atoms with E-state index in [1.165, 1.54) is 12.1 Å². The van der Waals surface area contributed by atoms with E-state index in [9.17, 15) is 14.0 Å². The van der Waals surface area contributed by atoms with Gasteiger partial charge in [-0.25, -0.2) is 4.39 Å². The zero-order valence-electron chi connectivity index (χ0n) is 14.2. The third kappa shape index (κ3) is 4.97. The molecule has 0 bridgehead atoms. The summed E-state index contributed by atoms with van der Waals surface area (Å²) >= 11 is 0. The Kier molecular flexibility index (Phi) is 5.55. The Morgan fingerprint density at radius 2 is 1.78 bits per heavy atom. The number of hydrogen-bond donors (Lipinski definition) is 2. The Bertz CT molecular complexity index is 985. The number of nitrogens with zero attached hydrogens (tertiary/aromatic N) is 2. The van der Waals surface area contributed by atoms with Crippen molar-refractivity contribution in [2.45, 2.75) is 19.4 Å². The van der Waals surface area contributed by atoms with Crippen LogP contribution in [-0.2, 0) is 17.8 Å². The molecule has 7 nitrogen and oxygen atoms in total. The van der Waals surface area contributed by atoms with Crippen molar-refractivity contribution >= 4 is 5.97 Å². The van der Waals surface area contributed by atoms with Gasteiger partial charge in [0, 0.05) is 12.0 Å². The SMILES string of the molecule is O=C(O)CCc1nnc(-c2ccc(OCc3ccc(F)cc3)cc2)[nH]c1=O. The summed E-state index contributed by atoms with van der Waals surface area (Å²) in [5.74, 6) is -0.413. The molecule has 2 N–H and O–H groups in total. The van der Waals surface area contributed by atoms with E-state index < -0.39 is 11.5 Å². The van der Waals surface area contributed by atoms with Gasteiger partial charge in [0.2, 0.25) is 0 Å². The number of H-pyrrole nitrogens is 1. The number of aromatic nitrogens is 3. The molecule has 0 unspecified atom stereocenters. The molecule has 0 aliphatic heterocycles. The molecule has 0 aliphatic carbocycles. The summed E-state index contributed by atoms with van der Waals surface area (Å²) in [6.45, 7) is 0.300. The third-order valence-corrected chi connectivity index (χ3v) is 3.79. The van der Waals surface area contributed by atoms with Crippen LogP contribution < -0.4 is 10.3 Å². The van der Waals surface area contributed by atoms with Crippen LogP contribution in [0.15, 0.2) is 53.3 Å². The van der Waals surface area contributed by atoms with Crippen molar-refractivity contribution < 1.29 is 19.0 Å². The first-order valence-electron chi connectivity index (χ1n) is 8.16. The van der Waals surface area contributed by atoms with Crippen LogP contribution in [0.4, 0.5) is 4.39 Å². The van der Waals surface area contributed by atoms with Gasteiger partial charge in [0.15, 0.2) is 5.82 Å². The number of carboxylic acids is 1. The minimum atomic E-state index is -1.00. The van der Waals surface area contributed by atoms with Gasteiger partial charge in [-0.05, 0) is 42.0 Å². The lowest BCUT2D eigenvalue weighted by Gasteiger charge is -2.07. The zero-order chi connectivity index (χ0) is 19.2. The van der Waals surface area contributed by atoms with Crippen LogP contribution in [0.5, 0.6) is 5.75 Å². The molecule has 0 fully saturated rings. The summed E-state index contributed by atoms with van der Waals surface area (Å²) in [7, 11) is 0. The predicted molar refractivity (Wildman–Crippen MR) is 94.8 cm³/mol. The average molecular weight is 369 g/mol. The predicted octanol–water partition coefficient (Wildman–Crippen LogP) is 2.57. The van der Waals surface area contributed by atoms with E-state index in [1.807, 2.05) is 0 Å². The lowest BCUT2D eigenvalue weighted by molar-refractivity contribution is -0.136. The van der Waals surface area contributed by atoms with E-state index in [4.69, 9.17) is 9.84 Å². The van der Waals surface area contributed by atoms with Crippen LogP contribution in [0.3, 0.4) is 0 Å². The van der Waals surface area contributed by atoms with E-state index in [2.05, 4.69) is 15.2 Å². The maximum Gasteiger partial charge on any atom is 0.303 e. The van der Waals surface area contributed by atoms with Crippen LogP contribution in [0.1, 0.15) is 17.7 Å². The van der Waals surface area contributed by atoms with E-state index in [0.717, 1.165) is 5.56 Å². The monoisotopic (exact) mass is 369 g/mol. The number of aromatic amines is 1. The molecule has 2 aromatic carbocycles. The maximum absolute atomic E-state index is 12.9. The van der Waals surface area contributed by atoms with Crippen molar-refractivity contribution in [1.29, 1.82) is 0 Å². The number of carboxylic acid groups (broad SMARTS) is 1. The molecule has 1 heterocycles. The zero-order valence-corrected chi connectivity index (χ0v) is 14.2. The minimum absolute atomic E-state index is 0.0219. The van der Waals surface area contributed by atoms with Crippen LogP contribution in [0, 0.1) is 5.82 Å². The number of benzene rings is 2. The summed E-state index contributed by atoms with van der Waals surface area (Å²) < 4.78 is 18.5. The molecule has 0 aliphatic rings. The largest absolute Gasteiger partial charge is 0.489 e. The van der Waals surface area contributed by atoms with Gasteiger partial charge in [-0.1, -0.05) is 12.1 Å². The van der Waals surface area contributed by atoms with Gasteiger partial charge in [-0.15, -0.1) is 10.2 Å². The molecule has 1 aromatic heterocycles. The summed E-state index contributed by atoms with van der Waals surface area (Å²) in [6.07, 6.45) is -0.161. The molecule has 0 atom stereocenters. The smallest absolute Gasteiger partial charge is 0.303 e. The fourth-order valence-corrected chi connectivity index (χ4v) is 2.34. The highest BCUT2D eigenvalue weighted by atomic mass is 19.1. The number of aryl methyl sites for hydroxylation is 1. The van der Waals surface area contributed by atoms with Crippen LogP contribution in [0.25, 0.3) is 11.4 Å². The van der Waals surface area contributed by atoms with Gasteiger partial charge in [-0.2, -0.15) is 0 Å². The van der Waals surface area contributed by atoms with Crippen molar-refractivity contribution in [2.75, 3.05) is 0 Å². The molecule has 3 aromatic rings. The van der Waals surface area contributed by atoms with Crippen LogP contribution in [-0.4, -0.2) is 26.3 Å². The first kappa shape index (κ1) is 18.2. The van der Waals surface area contributed by atoms with Gasteiger partial charge in [0.05, 0.1) is 6.42 Å². The number of halogens is 1. The molecule has 0 saturated heterocycles. The lowest BCUT2D eigenvalue weighted by Crippen LogP contribution is -2.18. The topological polar surface area (TPSA) is 105 Å². The van der Waals surface area contributed by atoms with Crippen molar-refractivity contribution in [3.05, 3.63) is 76.0 Å². The highest BCUT2D eigenvalue weighted by molar-refractivity contribution is 5.66. The number of aliphatic carboxylic acids is 1. The standard InChI is InChI=1S/C19H16FN3O4/c20-14-5-1-12(2-6-14)11-27-15-7-3-13(4-8-15)18-21-19(26)16(22-23-18)9-10-17(24)25/h1-8H,9-11H2,(H,24,25)(H,21,23,26). The Morgan fingerprint density at radius 1 is 1.07 bits per heavy atom. The second-order valence-corrected chi connectivity index (χ2v) is 5.78. The fourth-order valence-electron chi connectivity index (χ4n) is 2.34. The van der Waals surface area contributed by atoms with Gasteiger partial charge >= 0.3 is 5.97 Å². The molecular weight excluding hydrogens is 353 g/mol. The molecular formula is C19H16FN3O4. The summed E-state index contributed by atoms with van der Waals surface area (Å²) in [5.41, 5.74) is 1.10. The molecule has 0 spiro atoms. The molecule has 0 amide bonds. The maximum atomic E-state index is 12.9. The summed E-state index contributed by atoms with van der Waals surface area (Å²) in [5, 5.41) is 16.4. The van der Waals surface area contributed by atoms with Gasteiger partial charge < -0.3 is 14.8 Å². The molecule has 27 heavy (non-hydrogen) atoms. The summed E-state index contributed by atoms with van der Waals surface area (Å²) in [4.78, 5) is 25.1. The number of nitrogens with one attached hydrogen (secondary N) is 1. The second-order valence-electron chi connectivity index (χ2n) is 5.78. The number of carbonyl (C=O) groups is 1. The highest BCUT2D eigenvalue weighted by Gasteiger charge is 2.09. The van der Waals surface area contributed by atoms with Gasteiger partial charge in [0.25, 0.3) is 5.56 Å². The second kappa shape index (κ2) is 8.22. The third-order valence-electron chi connectivity index (χ3n) is 3.79. The van der Waals surface area contributed by atoms with Gasteiger partial charge in [-0.3, -0.25) is 9.59 Å². The molecule has 138 valence electrons. The van der Waals surface area contributed by atoms with Crippen molar-refractivity contribution in [3.63, 3.8) is 0 Å². The molecule has 8 heteroatoms. The Labute approximate surface area is 153 Å². The fraction of sp³-hybridized carbons (Fsp3) is 0.158. The number of hydrogen-bond acceptors (Lipinski definition) is 5. The average Bonchev–Trinajstić information content (AvgIpc) is 2.67. The first-order chi connectivity index (χ1) is 13.0. The molecule has 0 radical (unpaired) electrons. The Morgan fingerprint density at radius 3 is 2.41 bits per heavy atom. The number of rotatable bonds is 7. The Balaban J connectivity index is 1.66. The van der Waals surface area contributed by atoms with Crippen LogP contribution >= 0.6 is 0 Å². The van der Waals surface area contributed by atoms with Gasteiger partial charge in [0.1, 0.15) is 23.9 Å². The van der Waals surface area contributed by atoms with Crippen molar-refractivity contribution in [2.24, 2.45) is 0 Å². The molecule has 3 rings (SSSR count). The first-order valence-corrected chi connectivity index (χ1v) is 8.16. The van der Waals surface area contributed by atoms with Crippen molar-refractivity contribution in [1.82, 2.24) is 15.2 Å². The van der Waals surface area contributed by atoms with E-state index in [-0.39, 0.29) is 30.2 Å². The minimum Gasteiger partial charge on any atom is -0.489 e. The lowest BCUT2D eigenvalue weighted by atomic mass is 10.2. The van der Waals surface area contributed by atoms with E-state index in [1.54, 1.807) is 36.4 Å². The Hall–Kier alpha value is -3.55.